The molecule has 2 heterocycles. The Kier molecular flexibility index (Phi) is 29.6. The normalized spacial score (nSPS) is 16.4. The number of urea groups is 1. The molecule has 103 heavy (non-hydrogen) atoms. The molecule has 2 aliphatic rings. The van der Waals surface area contributed by atoms with E-state index in [9.17, 15) is 114 Å². The summed E-state index contributed by atoms with van der Waals surface area (Å²) in [5.41, 5.74) is 7.96. The molecule has 7 amide bonds. The van der Waals surface area contributed by atoms with Gasteiger partial charge in [-0.1, -0.05) is 18.2 Å². The number of rotatable bonds is 34. The number of phenols is 1. The maximum absolute atomic E-state index is 14.4. The smallest absolute Gasteiger partial charge is 0.327 e. The van der Waals surface area contributed by atoms with E-state index in [0.29, 0.717) is 34.0 Å². The number of aliphatic carboxylic acids is 6. The van der Waals surface area contributed by atoms with E-state index in [1.807, 2.05) is 5.32 Å². The molecule has 0 saturated carbocycles. The number of carboxylic acids is 6. The molecule has 2 fully saturated rings. The number of thioether (sulfide) groups is 1. The van der Waals surface area contributed by atoms with Gasteiger partial charge in [-0.2, -0.15) is 21.9 Å². The molecule has 4 atom stereocenters. The van der Waals surface area contributed by atoms with E-state index in [0.717, 1.165) is 28.8 Å². The number of amides is 7. The summed E-state index contributed by atoms with van der Waals surface area (Å²) in [7, 11) is -10.3. The number of imide groups is 1. The summed E-state index contributed by atoms with van der Waals surface area (Å²) in [6.07, 6.45) is -1.42. The topological polar surface area (TPSA) is 582 Å². The second kappa shape index (κ2) is 37.2. The predicted molar refractivity (Wildman–Crippen MR) is 365 cm³/mol. The monoisotopic (exact) mass is 1500 g/mol. The number of carboxylic acid groups (broad SMARTS) is 6. The molecule has 0 radical (unpaired) electrons. The van der Waals surface area contributed by atoms with Crippen molar-refractivity contribution in [1.29, 1.82) is 0 Å². The van der Waals surface area contributed by atoms with Crippen molar-refractivity contribution in [3.05, 3.63) is 65.7 Å². The van der Waals surface area contributed by atoms with Crippen LogP contribution in [0.15, 0.2) is 74.6 Å². The van der Waals surface area contributed by atoms with Gasteiger partial charge in [0.1, 0.15) is 33.6 Å². The molecule has 38 nitrogen and oxygen atoms in total. The van der Waals surface area contributed by atoms with Crippen molar-refractivity contribution in [2.45, 2.75) is 92.0 Å². The van der Waals surface area contributed by atoms with Gasteiger partial charge in [0.05, 0.1) is 48.2 Å². The van der Waals surface area contributed by atoms with E-state index in [1.54, 1.807) is 69.8 Å². The van der Waals surface area contributed by atoms with Crippen molar-refractivity contribution in [2.24, 2.45) is 10.2 Å². The quantitative estimate of drug-likeness (QED) is 0.0101. The van der Waals surface area contributed by atoms with Crippen LogP contribution in [0.5, 0.6) is 5.75 Å². The number of aromatic hydroxyl groups is 1. The summed E-state index contributed by atoms with van der Waals surface area (Å²) in [5.74, 6) is -12.5. The number of nitrogens with one attached hydrogen (secondary N) is 5. The van der Waals surface area contributed by atoms with Crippen molar-refractivity contribution in [3.63, 3.8) is 0 Å². The lowest BCUT2D eigenvalue weighted by Crippen LogP contribution is -2.52. The zero-order valence-corrected chi connectivity index (χ0v) is 58.0. The van der Waals surface area contributed by atoms with Crippen LogP contribution in [-0.4, -0.2) is 278 Å². The first kappa shape index (κ1) is 82.0. The van der Waals surface area contributed by atoms with Gasteiger partial charge in [-0.25, -0.2) is 14.4 Å². The van der Waals surface area contributed by atoms with E-state index in [4.69, 9.17) is 10.8 Å². The Morgan fingerprint density at radius 3 is 1.62 bits per heavy atom. The largest absolute Gasteiger partial charge is 0.505 e. The van der Waals surface area contributed by atoms with E-state index in [-0.39, 0.29) is 127 Å². The molecule has 0 bridgehead atoms. The first-order valence-electron chi connectivity index (χ1n) is 31.7. The number of benzene rings is 4. The van der Waals surface area contributed by atoms with Gasteiger partial charge < -0.3 is 68.1 Å². The molecule has 0 aliphatic carbocycles. The molecule has 41 heteroatoms. The highest BCUT2D eigenvalue weighted by Gasteiger charge is 2.40. The first-order chi connectivity index (χ1) is 48.4. The highest BCUT2D eigenvalue weighted by atomic mass is 32.2. The van der Waals surface area contributed by atoms with Gasteiger partial charge >= 0.3 is 41.8 Å². The van der Waals surface area contributed by atoms with Gasteiger partial charge in [0, 0.05) is 102 Å². The second-order valence-electron chi connectivity index (χ2n) is 24.1. The first-order valence-corrected chi connectivity index (χ1v) is 35.6. The van der Waals surface area contributed by atoms with Crippen molar-refractivity contribution in [2.75, 3.05) is 108 Å². The predicted octanol–water partition coefficient (Wildman–Crippen LogP) is 0.827. The molecule has 6 rings (SSSR count). The lowest BCUT2D eigenvalue weighted by molar-refractivity contribution is -0.141. The van der Waals surface area contributed by atoms with Crippen molar-refractivity contribution in [1.82, 2.24) is 45.8 Å². The number of azo groups is 1. The zero-order chi connectivity index (χ0) is 76.2. The second-order valence-corrected chi connectivity index (χ2v) is 28.1. The number of anilines is 2. The number of likely N-dealkylation sites (tertiary alicyclic amines) is 1. The number of fused-ring (bicyclic) bond motifs is 1. The van der Waals surface area contributed by atoms with E-state index < -0.39 is 173 Å². The number of carbonyl (C=O) groups is 12. The third-order valence-corrected chi connectivity index (χ3v) is 19.5. The average molecular weight is 1500 g/mol. The maximum atomic E-state index is 14.4. The SMILES string of the molecule is Cc1cc(-c2ccc(NC(=O)[C@@H](CCCCNC(=O)CCN3C(=O)CC(SC[C@H](NC(=O)N[C@@H](CCC(=O)O)C(=O)O)C(=O)O)C3=O)NC(=O)CN3CCN(CC(=O)O)CCN(CC(=O)O)CCN(CC(=O)O)CC3)c(C)c2)ccc1N=Nc1ccc2c(S(=O)(=O)O)cc(S(=O)(=O)O)c(N)c2c1O. The number of phenolic OH excluding ortho intramolecular Hbond substituents is 1. The Morgan fingerprint density at radius 1 is 0.592 bits per heavy atom. The fourth-order valence-corrected chi connectivity index (χ4v) is 13.6. The number of unbranched alkanes of at least 4 members (excludes halogenated alkanes) is 1. The van der Waals surface area contributed by atoms with Crippen LogP contribution >= 0.6 is 11.8 Å². The Hall–Kier alpha value is -10.0. The van der Waals surface area contributed by atoms with Crippen LogP contribution in [0.3, 0.4) is 0 Å². The Bertz CT molecular complexity index is 4150. The molecule has 4 aromatic rings. The van der Waals surface area contributed by atoms with Crippen molar-refractivity contribution < 1.29 is 119 Å². The Labute approximate surface area is 592 Å². The number of nitrogens with zero attached hydrogens (tertiary/aromatic N) is 7. The molecule has 2 saturated heterocycles. The van der Waals surface area contributed by atoms with E-state index >= 15 is 0 Å². The minimum absolute atomic E-state index is 0.00788. The fraction of sp³-hybridized carbons (Fsp3) is 0.452. The van der Waals surface area contributed by atoms with Crippen LogP contribution < -0.4 is 32.3 Å². The highest BCUT2D eigenvalue weighted by Crippen LogP contribution is 2.44. The van der Waals surface area contributed by atoms with Crippen molar-refractivity contribution in [3.8, 4) is 16.9 Å². The minimum Gasteiger partial charge on any atom is -0.505 e. The number of nitrogens with two attached hydrogens (primary N) is 1. The standard InChI is InChI=1S/C62H79N13O25S3/c1-34-25-36(37-7-10-40(35(2)26-37)69-70-41-11-8-38-46(102(95,96)97)28-47(103(98,99)100)56(63)55(38)57(41)87)6-9-39(34)66-58(88)42(65-49(77)29-71-17-19-72(30-52(81)82)21-23-74(32-54(85)86)24-22-73(20-18-71)31-53(83)84)5-3-4-15-64-48(76)14-16-75-50(78)27-45(59(75)89)101-33-44(61(92)93)68-62(94)67-43(60(90)91)12-13-51(79)80/h6-11,25-26,28,42-45,87H,3-5,12-24,27,29-33,63H2,1-2H3,(H,64,76)(H,65,77)(H,66,88)(H,79,80)(H,81,82)(H,83,84)(H,85,86)(H,90,91)(H,92,93)(H2,67,68,94)(H,95,96,97)(H,98,99,100)/t42-,43+,44+,45?/m1/s1. The van der Waals surface area contributed by atoms with E-state index in [2.05, 4.69) is 31.5 Å². The lowest BCUT2D eigenvalue weighted by atomic mass is 10.00. The van der Waals surface area contributed by atoms with Gasteiger partial charge in [-0.05, 0) is 98.2 Å². The van der Waals surface area contributed by atoms with Gasteiger partial charge in [-0.3, -0.25) is 76.8 Å². The summed E-state index contributed by atoms with van der Waals surface area (Å²) < 4.78 is 68.2. The average Bonchev–Trinajstić information content (AvgIpc) is 1.28. The molecule has 0 spiro atoms. The highest BCUT2D eigenvalue weighted by molar-refractivity contribution is 8.00. The molecular formula is C62H79N13O25S3. The number of hydrogen-bond acceptors (Lipinski definition) is 25. The van der Waals surface area contributed by atoms with Gasteiger partial charge in [0.2, 0.25) is 29.5 Å². The molecular weight excluding hydrogens is 1420 g/mol. The fourth-order valence-electron chi connectivity index (χ4n) is 11.0. The van der Waals surface area contributed by atoms with Crippen molar-refractivity contribution >= 4 is 137 Å². The summed E-state index contributed by atoms with van der Waals surface area (Å²) in [6.45, 7) is 2.34. The van der Waals surface area contributed by atoms with Crippen LogP contribution in [0.1, 0.15) is 56.1 Å². The molecule has 16 N–H and O–H groups in total. The van der Waals surface area contributed by atoms with Gasteiger partial charge in [0.15, 0.2) is 5.75 Å². The zero-order valence-electron chi connectivity index (χ0n) is 55.6. The molecule has 4 aromatic carbocycles. The maximum Gasteiger partial charge on any atom is 0.327 e. The molecule has 0 aromatic heterocycles. The third-order valence-electron chi connectivity index (χ3n) is 16.4. The Balaban J connectivity index is 1.13. The number of aryl methyl sites for hydroxylation is 2. The van der Waals surface area contributed by atoms with Gasteiger partial charge in [-0.15, -0.1) is 16.9 Å². The summed E-state index contributed by atoms with van der Waals surface area (Å²) in [5, 5.41) is 86.8. The Morgan fingerprint density at radius 2 is 1.11 bits per heavy atom. The number of nitrogen functional groups attached to an aromatic ring is 1. The molecule has 560 valence electrons. The number of hydrogen-bond donors (Lipinski definition) is 15. The lowest BCUT2D eigenvalue weighted by Gasteiger charge is -2.33. The number of carbonyl (C=O) groups excluding carboxylic acids is 6. The summed E-state index contributed by atoms with van der Waals surface area (Å²) >= 11 is 0.719. The van der Waals surface area contributed by atoms with Crippen LogP contribution in [0.2, 0.25) is 0 Å². The molecule has 1 unspecified atom stereocenters. The summed E-state index contributed by atoms with van der Waals surface area (Å²) in [6, 6.07) is 6.92. The van der Waals surface area contributed by atoms with Gasteiger partial charge in [0.25, 0.3) is 20.2 Å². The molecule has 2 aliphatic heterocycles. The summed E-state index contributed by atoms with van der Waals surface area (Å²) in [4.78, 5) is 155. The van der Waals surface area contributed by atoms with E-state index in [1.165, 1.54) is 0 Å². The van der Waals surface area contributed by atoms with Crippen LogP contribution in [0.25, 0.3) is 21.9 Å². The minimum atomic E-state index is -5.17. The third kappa shape index (κ3) is 24.9. The van der Waals surface area contributed by atoms with Crippen LogP contribution in [0, 0.1) is 13.8 Å². The van der Waals surface area contributed by atoms with Crippen LogP contribution in [0.4, 0.5) is 27.5 Å². The van der Waals surface area contributed by atoms with Crippen LogP contribution in [-0.2, 0) is 73.0 Å².